The van der Waals surface area contributed by atoms with Crippen molar-refractivity contribution in [3.05, 3.63) is 70.7 Å². The van der Waals surface area contributed by atoms with E-state index in [0.717, 1.165) is 0 Å². The van der Waals surface area contributed by atoms with E-state index in [0.29, 0.717) is 15.5 Å². The van der Waals surface area contributed by atoms with Crippen LogP contribution in [0, 0.1) is 0 Å². The average molecular weight is 371 g/mol. The van der Waals surface area contributed by atoms with Crippen molar-refractivity contribution in [2.75, 3.05) is 0 Å². The molecule has 1 atom stereocenters. The number of nitrogens with one attached hydrogen (secondary N) is 1. The molecule has 0 aromatic heterocycles. The molecule has 5 amide bonds. The van der Waals surface area contributed by atoms with Crippen LogP contribution in [0.4, 0.5) is 4.79 Å². The van der Waals surface area contributed by atoms with Crippen LogP contribution < -0.4 is 5.32 Å². The Labute approximate surface area is 154 Å². The molecule has 0 radical (unpaired) electrons. The number of hydrogen-bond donors (Lipinski definition) is 1. The molecule has 1 saturated heterocycles. The summed E-state index contributed by atoms with van der Waals surface area (Å²) in [5.74, 6) is -2.45. The maximum Gasteiger partial charge on any atom is 0.338 e. The summed E-state index contributed by atoms with van der Waals surface area (Å²) < 4.78 is 0. The number of amides is 5. The van der Waals surface area contributed by atoms with Crippen LogP contribution in [0.25, 0.3) is 0 Å². The van der Waals surface area contributed by atoms with Crippen LogP contribution in [0.3, 0.4) is 0 Å². The SMILES string of the molecule is CC[C@]1(c2ccccc2)C(=O)NC(=O)N(C(=O)c2cccc(Cl)c2)C1=O. The second kappa shape index (κ2) is 6.72. The van der Waals surface area contributed by atoms with Gasteiger partial charge in [0.15, 0.2) is 5.41 Å². The predicted molar refractivity (Wildman–Crippen MR) is 94.6 cm³/mol. The van der Waals surface area contributed by atoms with Crippen molar-refractivity contribution in [3.8, 4) is 0 Å². The predicted octanol–water partition coefficient (Wildman–Crippen LogP) is 2.91. The van der Waals surface area contributed by atoms with Crippen LogP contribution >= 0.6 is 11.6 Å². The number of hydrogen-bond acceptors (Lipinski definition) is 4. The van der Waals surface area contributed by atoms with Crippen molar-refractivity contribution in [1.82, 2.24) is 10.2 Å². The van der Waals surface area contributed by atoms with E-state index < -0.39 is 29.2 Å². The lowest BCUT2D eigenvalue weighted by molar-refractivity contribution is -0.143. The topological polar surface area (TPSA) is 83.6 Å². The minimum atomic E-state index is -1.65. The highest BCUT2D eigenvalue weighted by Gasteiger charge is 2.55. The summed E-state index contributed by atoms with van der Waals surface area (Å²) in [6, 6.07) is 13.2. The first kappa shape index (κ1) is 17.8. The van der Waals surface area contributed by atoms with Gasteiger partial charge in [-0.3, -0.25) is 19.7 Å². The molecule has 1 heterocycles. The quantitative estimate of drug-likeness (QED) is 0.665. The van der Waals surface area contributed by atoms with Crippen LogP contribution in [0.2, 0.25) is 5.02 Å². The number of barbiturate groups is 1. The van der Waals surface area contributed by atoms with Crippen molar-refractivity contribution in [2.24, 2.45) is 0 Å². The Hall–Kier alpha value is -2.99. The number of benzene rings is 2. The summed E-state index contributed by atoms with van der Waals surface area (Å²) >= 11 is 5.89. The van der Waals surface area contributed by atoms with Crippen molar-refractivity contribution in [1.29, 1.82) is 0 Å². The van der Waals surface area contributed by atoms with Gasteiger partial charge >= 0.3 is 6.03 Å². The molecule has 0 unspecified atom stereocenters. The van der Waals surface area contributed by atoms with E-state index in [4.69, 9.17) is 11.6 Å². The smallest absolute Gasteiger partial charge is 0.276 e. The van der Waals surface area contributed by atoms with Gasteiger partial charge in [-0.2, -0.15) is 4.90 Å². The lowest BCUT2D eigenvalue weighted by atomic mass is 9.74. The summed E-state index contributed by atoms with van der Waals surface area (Å²) in [5, 5.41) is 2.43. The Morgan fingerprint density at radius 2 is 1.77 bits per heavy atom. The first-order chi connectivity index (χ1) is 12.4. The molecule has 2 aromatic rings. The minimum Gasteiger partial charge on any atom is -0.276 e. The van der Waals surface area contributed by atoms with Gasteiger partial charge in [-0.05, 0) is 30.2 Å². The molecule has 132 valence electrons. The fourth-order valence-corrected chi connectivity index (χ4v) is 3.26. The minimum absolute atomic E-state index is 0.0772. The van der Waals surface area contributed by atoms with Crippen LogP contribution in [0.1, 0.15) is 29.3 Å². The molecular weight excluding hydrogens is 356 g/mol. The van der Waals surface area contributed by atoms with Gasteiger partial charge in [0.05, 0.1) is 0 Å². The van der Waals surface area contributed by atoms with E-state index in [1.807, 2.05) is 0 Å². The van der Waals surface area contributed by atoms with E-state index >= 15 is 0 Å². The first-order valence-corrected chi connectivity index (χ1v) is 8.35. The number of nitrogens with zero attached hydrogens (tertiary/aromatic N) is 1. The standard InChI is InChI=1S/C19H15ClN2O4/c1-2-19(13-8-4-3-5-9-13)16(24)21-18(26)22(17(19)25)15(23)12-7-6-10-14(20)11-12/h3-11H,2H2,1H3,(H,21,24,26)/t19-/m0/s1. The Morgan fingerprint density at radius 3 is 2.38 bits per heavy atom. The highest BCUT2D eigenvalue weighted by atomic mass is 35.5. The molecule has 26 heavy (non-hydrogen) atoms. The molecule has 0 spiro atoms. The molecule has 0 bridgehead atoms. The lowest BCUT2D eigenvalue weighted by Gasteiger charge is -2.38. The zero-order valence-corrected chi connectivity index (χ0v) is 14.6. The Morgan fingerprint density at radius 1 is 1.08 bits per heavy atom. The maximum absolute atomic E-state index is 13.2. The van der Waals surface area contributed by atoms with Gasteiger partial charge in [0.1, 0.15) is 0 Å². The maximum atomic E-state index is 13.2. The third-order valence-corrected chi connectivity index (χ3v) is 4.69. The van der Waals surface area contributed by atoms with Gasteiger partial charge < -0.3 is 0 Å². The monoisotopic (exact) mass is 370 g/mol. The molecule has 6 nitrogen and oxygen atoms in total. The zero-order chi connectivity index (χ0) is 18.9. The van der Waals surface area contributed by atoms with E-state index in [1.165, 1.54) is 18.2 Å². The third-order valence-electron chi connectivity index (χ3n) is 4.45. The number of imide groups is 4. The summed E-state index contributed by atoms with van der Waals surface area (Å²) in [6.07, 6.45) is 0.0916. The molecular formula is C19H15ClN2O4. The van der Waals surface area contributed by atoms with Crippen molar-refractivity contribution in [3.63, 3.8) is 0 Å². The fourth-order valence-electron chi connectivity index (χ4n) is 3.07. The van der Waals surface area contributed by atoms with Crippen molar-refractivity contribution < 1.29 is 19.2 Å². The fraction of sp³-hybridized carbons (Fsp3) is 0.158. The largest absolute Gasteiger partial charge is 0.338 e. The summed E-state index contributed by atoms with van der Waals surface area (Å²) in [4.78, 5) is 51.3. The summed E-state index contributed by atoms with van der Waals surface area (Å²) in [7, 11) is 0. The highest BCUT2D eigenvalue weighted by Crippen LogP contribution is 2.34. The van der Waals surface area contributed by atoms with E-state index in [-0.39, 0.29) is 12.0 Å². The third kappa shape index (κ3) is 2.68. The van der Waals surface area contributed by atoms with E-state index in [2.05, 4.69) is 5.32 Å². The molecule has 2 aromatic carbocycles. The lowest BCUT2D eigenvalue weighted by Crippen LogP contribution is -2.67. The summed E-state index contributed by atoms with van der Waals surface area (Å²) in [5.41, 5.74) is -1.15. The number of rotatable bonds is 3. The molecule has 0 aliphatic carbocycles. The Kier molecular flexibility index (Phi) is 4.61. The molecule has 0 saturated carbocycles. The number of carbonyl (C=O) groups excluding carboxylic acids is 4. The van der Waals surface area contributed by atoms with Crippen LogP contribution in [-0.4, -0.2) is 28.7 Å². The molecule has 1 N–H and O–H groups in total. The molecule has 1 fully saturated rings. The van der Waals surface area contributed by atoms with Gasteiger partial charge in [-0.15, -0.1) is 0 Å². The second-order valence-corrected chi connectivity index (χ2v) is 6.28. The van der Waals surface area contributed by atoms with Crippen LogP contribution in [0.15, 0.2) is 54.6 Å². The van der Waals surface area contributed by atoms with Gasteiger partial charge in [-0.25, -0.2) is 4.79 Å². The number of urea groups is 1. The Bertz CT molecular complexity index is 913. The van der Waals surface area contributed by atoms with Gasteiger partial charge in [0.2, 0.25) is 5.91 Å². The first-order valence-electron chi connectivity index (χ1n) is 7.97. The van der Waals surface area contributed by atoms with Crippen LogP contribution in [0.5, 0.6) is 0 Å². The highest BCUT2D eigenvalue weighted by molar-refractivity contribution is 6.32. The number of halogens is 1. The molecule has 1 aliphatic heterocycles. The normalized spacial score (nSPS) is 20.1. The molecule has 7 heteroatoms. The second-order valence-electron chi connectivity index (χ2n) is 5.84. The van der Waals surface area contributed by atoms with E-state index in [1.54, 1.807) is 43.3 Å². The summed E-state index contributed by atoms with van der Waals surface area (Å²) in [6.45, 7) is 1.66. The molecule has 3 rings (SSSR count). The van der Waals surface area contributed by atoms with Gasteiger partial charge in [0.25, 0.3) is 11.8 Å². The van der Waals surface area contributed by atoms with Crippen molar-refractivity contribution in [2.45, 2.75) is 18.8 Å². The van der Waals surface area contributed by atoms with Gasteiger partial charge in [-0.1, -0.05) is 54.9 Å². The van der Waals surface area contributed by atoms with Crippen molar-refractivity contribution >= 4 is 35.4 Å². The zero-order valence-electron chi connectivity index (χ0n) is 13.9. The van der Waals surface area contributed by atoms with Gasteiger partial charge in [0, 0.05) is 10.6 Å². The van der Waals surface area contributed by atoms with E-state index in [9.17, 15) is 19.2 Å². The number of carbonyl (C=O) groups is 4. The average Bonchev–Trinajstić information content (AvgIpc) is 2.63. The van der Waals surface area contributed by atoms with Crippen LogP contribution in [-0.2, 0) is 15.0 Å². The molecule has 1 aliphatic rings. The Balaban J connectivity index is 2.10.